The third-order valence-corrected chi connectivity index (χ3v) is 8.21. The van der Waals surface area contributed by atoms with Crippen molar-refractivity contribution in [2.75, 3.05) is 17.7 Å². The molecule has 1 N–H and O–H groups in total. The fourth-order valence-corrected chi connectivity index (χ4v) is 6.48. The summed E-state index contributed by atoms with van der Waals surface area (Å²) >= 11 is 4.42. The number of nitrogens with zero attached hydrogens (tertiary/aromatic N) is 3. The number of fused-ring (bicyclic) bond motifs is 1. The maximum absolute atomic E-state index is 12.7. The molecule has 0 fully saturated rings. The van der Waals surface area contributed by atoms with Crippen LogP contribution < -0.4 is 5.32 Å². The molecular weight excluding hydrogens is 452 g/mol. The number of amides is 1. The molecule has 1 aliphatic carbocycles. The zero-order valence-corrected chi connectivity index (χ0v) is 20.1. The van der Waals surface area contributed by atoms with Crippen molar-refractivity contribution >= 4 is 51.3 Å². The number of thioether (sulfide) groups is 1. The van der Waals surface area contributed by atoms with E-state index >= 15 is 0 Å². The molecule has 0 aromatic carbocycles. The largest absolute Gasteiger partial charge is 0.462 e. The molecule has 0 saturated carbocycles. The van der Waals surface area contributed by atoms with Crippen molar-refractivity contribution < 1.29 is 14.3 Å². The minimum atomic E-state index is -0.355. The van der Waals surface area contributed by atoms with Gasteiger partial charge in [-0.05, 0) is 49.1 Å². The third kappa shape index (κ3) is 4.70. The van der Waals surface area contributed by atoms with Gasteiger partial charge in [-0.2, -0.15) is 0 Å². The minimum Gasteiger partial charge on any atom is -0.462 e. The molecule has 3 heterocycles. The maximum atomic E-state index is 12.7. The SMILES string of the molecule is CCOC(=O)c1c(NC(=O)CSc2nnc(-c3cccs3)n2C)sc2c1CCC(C)C2. The number of aromatic nitrogens is 3. The molecule has 4 rings (SSSR count). The van der Waals surface area contributed by atoms with Crippen LogP contribution in [0, 0.1) is 5.92 Å². The zero-order valence-electron chi connectivity index (χ0n) is 17.6. The second kappa shape index (κ2) is 9.54. The first-order valence-electron chi connectivity index (χ1n) is 10.2. The van der Waals surface area contributed by atoms with Gasteiger partial charge in [-0.3, -0.25) is 4.79 Å². The van der Waals surface area contributed by atoms with Gasteiger partial charge in [0.1, 0.15) is 5.00 Å². The first-order chi connectivity index (χ1) is 15.0. The standard InChI is InChI=1S/C21H24N4O3S3/c1-4-28-20(27)17-13-8-7-12(2)10-15(13)31-19(17)22-16(26)11-30-21-24-23-18(25(21)3)14-6-5-9-29-14/h5-6,9,12H,4,7-8,10-11H2,1-3H3,(H,22,26). The van der Waals surface area contributed by atoms with E-state index in [4.69, 9.17) is 4.74 Å². The molecule has 31 heavy (non-hydrogen) atoms. The van der Waals surface area contributed by atoms with Crippen molar-refractivity contribution in [3.05, 3.63) is 33.5 Å². The second-order valence-electron chi connectivity index (χ2n) is 7.46. The van der Waals surface area contributed by atoms with Gasteiger partial charge in [0.2, 0.25) is 5.91 Å². The molecule has 7 nitrogen and oxygen atoms in total. The van der Waals surface area contributed by atoms with E-state index in [1.807, 2.05) is 29.1 Å². The molecule has 0 saturated heterocycles. The van der Waals surface area contributed by atoms with Crippen LogP contribution in [0.15, 0.2) is 22.7 Å². The topological polar surface area (TPSA) is 86.1 Å². The number of hydrogen-bond donors (Lipinski definition) is 1. The molecule has 1 amide bonds. The van der Waals surface area contributed by atoms with Gasteiger partial charge in [0, 0.05) is 11.9 Å². The van der Waals surface area contributed by atoms with Crippen molar-refractivity contribution in [2.24, 2.45) is 13.0 Å². The molecule has 1 unspecified atom stereocenters. The molecule has 3 aromatic heterocycles. The Balaban J connectivity index is 1.47. The highest BCUT2D eigenvalue weighted by atomic mass is 32.2. The fraction of sp³-hybridized carbons (Fsp3) is 0.429. The molecule has 0 aliphatic heterocycles. The van der Waals surface area contributed by atoms with E-state index in [1.165, 1.54) is 28.0 Å². The van der Waals surface area contributed by atoms with Gasteiger partial charge in [-0.1, -0.05) is 24.8 Å². The number of thiophene rings is 2. The Hall–Kier alpha value is -2.17. The molecule has 10 heteroatoms. The number of nitrogens with one attached hydrogen (secondary N) is 1. The van der Waals surface area contributed by atoms with Crippen LogP contribution in [-0.2, 0) is 29.4 Å². The molecule has 0 bridgehead atoms. The third-order valence-electron chi connectivity index (χ3n) is 5.15. The molecule has 164 valence electrons. The van der Waals surface area contributed by atoms with Crippen molar-refractivity contribution in [1.29, 1.82) is 0 Å². The lowest BCUT2D eigenvalue weighted by Gasteiger charge is -2.18. The number of ether oxygens (including phenoxy) is 1. The quantitative estimate of drug-likeness (QED) is 0.395. The summed E-state index contributed by atoms with van der Waals surface area (Å²) in [4.78, 5) is 27.5. The van der Waals surface area contributed by atoms with Crippen LogP contribution >= 0.6 is 34.4 Å². The summed E-state index contributed by atoms with van der Waals surface area (Å²) in [7, 11) is 1.89. The lowest BCUT2D eigenvalue weighted by Crippen LogP contribution is -2.18. The Kier molecular flexibility index (Phi) is 6.78. The van der Waals surface area contributed by atoms with E-state index in [0.717, 1.165) is 35.5 Å². The lowest BCUT2D eigenvalue weighted by atomic mass is 9.88. The van der Waals surface area contributed by atoms with Crippen LogP contribution in [0.4, 0.5) is 5.00 Å². The summed E-state index contributed by atoms with van der Waals surface area (Å²) < 4.78 is 7.16. The van der Waals surface area contributed by atoms with E-state index < -0.39 is 0 Å². The van der Waals surface area contributed by atoms with Gasteiger partial charge in [-0.25, -0.2) is 4.79 Å². The smallest absolute Gasteiger partial charge is 0.341 e. The van der Waals surface area contributed by atoms with E-state index in [9.17, 15) is 9.59 Å². The molecule has 1 atom stereocenters. The Labute approximate surface area is 193 Å². The van der Waals surface area contributed by atoms with Gasteiger partial charge in [0.05, 0.1) is 22.8 Å². The van der Waals surface area contributed by atoms with Gasteiger partial charge in [0.15, 0.2) is 11.0 Å². The summed E-state index contributed by atoms with van der Waals surface area (Å²) in [6.45, 7) is 4.31. The number of hydrogen-bond acceptors (Lipinski definition) is 8. The number of carbonyl (C=O) groups excluding carboxylic acids is 2. The average Bonchev–Trinajstić information content (AvgIpc) is 3.45. The number of carbonyl (C=O) groups is 2. The van der Waals surface area contributed by atoms with E-state index in [1.54, 1.807) is 18.3 Å². The summed E-state index contributed by atoms with van der Waals surface area (Å²) in [5.74, 6) is 1.00. The number of rotatable bonds is 7. The Morgan fingerprint density at radius 1 is 1.39 bits per heavy atom. The zero-order chi connectivity index (χ0) is 22.0. The maximum Gasteiger partial charge on any atom is 0.341 e. The highest BCUT2D eigenvalue weighted by Crippen LogP contribution is 2.40. The molecule has 3 aromatic rings. The van der Waals surface area contributed by atoms with E-state index in [2.05, 4.69) is 22.4 Å². The van der Waals surface area contributed by atoms with E-state index in [0.29, 0.717) is 28.2 Å². The van der Waals surface area contributed by atoms with Crippen molar-refractivity contribution in [3.63, 3.8) is 0 Å². The van der Waals surface area contributed by atoms with Crippen LogP contribution in [0.25, 0.3) is 10.7 Å². The minimum absolute atomic E-state index is 0.178. The van der Waals surface area contributed by atoms with Crippen molar-refractivity contribution in [1.82, 2.24) is 14.8 Å². The van der Waals surface area contributed by atoms with Crippen LogP contribution in [-0.4, -0.2) is 39.0 Å². The van der Waals surface area contributed by atoms with Crippen LogP contribution in [0.2, 0.25) is 0 Å². The normalized spacial score (nSPS) is 15.5. The lowest BCUT2D eigenvalue weighted by molar-refractivity contribution is -0.113. The Bertz CT molecular complexity index is 1090. The summed E-state index contributed by atoms with van der Waals surface area (Å²) in [5.41, 5.74) is 1.57. The van der Waals surface area contributed by atoms with Crippen molar-refractivity contribution in [3.8, 4) is 10.7 Å². The fourth-order valence-electron chi connectivity index (χ4n) is 3.61. The number of anilines is 1. The van der Waals surface area contributed by atoms with Gasteiger partial charge < -0.3 is 14.6 Å². The molecule has 0 spiro atoms. The van der Waals surface area contributed by atoms with Crippen LogP contribution in [0.1, 0.15) is 41.1 Å². The van der Waals surface area contributed by atoms with Gasteiger partial charge in [0.25, 0.3) is 0 Å². The Morgan fingerprint density at radius 3 is 2.97 bits per heavy atom. The monoisotopic (exact) mass is 476 g/mol. The van der Waals surface area contributed by atoms with Crippen LogP contribution in [0.5, 0.6) is 0 Å². The predicted octanol–water partition coefficient (Wildman–Crippen LogP) is 4.64. The highest BCUT2D eigenvalue weighted by molar-refractivity contribution is 7.99. The van der Waals surface area contributed by atoms with E-state index in [-0.39, 0.29) is 17.6 Å². The van der Waals surface area contributed by atoms with Gasteiger partial charge in [-0.15, -0.1) is 32.9 Å². The average molecular weight is 477 g/mol. The van der Waals surface area contributed by atoms with Crippen molar-refractivity contribution in [2.45, 2.75) is 38.3 Å². The highest BCUT2D eigenvalue weighted by Gasteiger charge is 2.29. The summed E-state index contributed by atoms with van der Waals surface area (Å²) in [6, 6.07) is 3.96. The first kappa shape index (κ1) is 22.0. The molecule has 1 aliphatic rings. The summed E-state index contributed by atoms with van der Waals surface area (Å²) in [6.07, 6.45) is 2.82. The predicted molar refractivity (Wildman–Crippen MR) is 125 cm³/mol. The summed E-state index contributed by atoms with van der Waals surface area (Å²) in [5, 5.41) is 14.7. The molecule has 0 radical (unpaired) electrons. The number of esters is 1. The van der Waals surface area contributed by atoms with Gasteiger partial charge >= 0.3 is 5.97 Å². The Morgan fingerprint density at radius 2 is 2.23 bits per heavy atom. The first-order valence-corrected chi connectivity index (χ1v) is 12.8. The second-order valence-corrected chi connectivity index (χ2v) is 10.5. The molecular formula is C21H24N4O3S3. The van der Waals surface area contributed by atoms with Crippen LogP contribution in [0.3, 0.4) is 0 Å².